The minimum atomic E-state index is -0.562. The molecule has 2 fully saturated rings. The van der Waals surface area contributed by atoms with Crippen molar-refractivity contribution in [3.8, 4) is 0 Å². The molecule has 1 aromatic rings. The van der Waals surface area contributed by atoms with Crippen LogP contribution in [-0.2, 0) is 9.53 Å². The van der Waals surface area contributed by atoms with Crippen LogP contribution in [-0.4, -0.2) is 63.3 Å². The van der Waals surface area contributed by atoms with Gasteiger partial charge < -0.3 is 14.1 Å². The van der Waals surface area contributed by atoms with Gasteiger partial charge in [0.1, 0.15) is 11.6 Å². The van der Waals surface area contributed by atoms with Crippen LogP contribution < -0.4 is 0 Å². The van der Waals surface area contributed by atoms with Crippen LogP contribution in [0, 0.1) is 6.92 Å². The van der Waals surface area contributed by atoms with Crippen molar-refractivity contribution in [3.05, 3.63) is 11.8 Å². The largest absolute Gasteiger partial charge is 0.444 e. The number of nitrogens with zero attached hydrogens (tertiary/aromatic N) is 4. The van der Waals surface area contributed by atoms with E-state index >= 15 is 0 Å². The molecule has 0 spiro atoms. The molecule has 1 aromatic heterocycles. The number of hydrogen-bond acceptors (Lipinski definition) is 6. The van der Waals surface area contributed by atoms with Crippen molar-refractivity contribution in [1.82, 2.24) is 20.0 Å². The number of amides is 2. The van der Waals surface area contributed by atoms with Crippen molar-refractivity contribution in [2.45, 2.75) is 70.9 Å². The molecule has 8 nitrogen and oxygen atoms in total. The first-order valence-electron chi connectivity index (χ1n) is 9.33. The Kier molecular flexibility index (Phi) is 5.20. The number of hydrogen-bond donors (Lipinski definition) is 0. The van der Waals surface area contributed by atoms with Gasteiger partial charge >= 0.3 is 6.09 Å². The first kappa shape index (κ1) is 18.7. The minimum absolute atomic E-state index is 0.0218. The van der Waals surface area contributed by atoms with Crippen LogP contribution in [0.1, 0.15) is 64.2 Å². The zero-order valence-corrected chi connectivity index (χ0v) is 16.0. The van der Waals surface area contributed by atoms with Gasteiger partial charge in [-0.2, -0.15) is 0 Å². The summed E-state index contributed by atoms with van der Waals surface area (Å²) in [6.45, 7) is 9.14. The summed E-state index contributed by atoms with van der Waals surface area (Å²) in [4.78, 5) is 28.8. The predicted molar refractivity (Wildman–Crippen MR) is 93.6 cm³/mol. The number of aryl methyl sites for hydroxylation is 1. The molecular weight excluding hydrogens is 336 g/mol. The molecule has 2 saturated heterocycles. The summed E-state index contributed by atoms with van der Waals surface area (Å²) in [6.07, 6.45) is 2.72. The predicted octanol–water partition coefficient (Wildman–Crippen LogP) is 2.48. The maximum atomic E-state index is 13.0. The number of carbonyl (C=O) groups excluding carboxylic acids is 2. The van der Waals surface area contributed by atoms with E-state index in [1.807, 2.05) is 25.7 Å². The summed E-state index contributed by atoms with van der Waals surface area (Å²) < 4.78 is 11.0. The molecular formula is C18H28N4O4. The maximum absolute atomic E-state index is 13.0. The van der Waals surface area contributed by atoms with Gasteiger partial charge in [0.2, 0.25) is 17.7 Å². The van der Waals surface area contributed by atoms with Gasteiger partial charge in [-0.15, -0.1) is 10.2 Å². The lowest BCUT2D eigenvalue weighted by Crippen LogP contribution is -2.50. The molecule has 2 amide bonds. The average molecular weight is 364 g/mol. The van der Waals surface area contributed by atoms with E-state index in [9.17, 15) is 9.59 Å². The molecule has 1 atom stereocenters. The van der Waals surface area contributed by atoms with Crippen molar-refractivity contribution in [3.63, 3.8) is 0 Å². The minimum Gasteiger partial charge on any atom is -0.444 e. The Morgan fingerprint density at radius 2 is 1.81 bits per heavy atom. The second-order valence-electron chi connectivity index (χ2n) is 8.09. The van der Waals surface area contributed by atoms with Gasteiger partial charge in [-0.1, -0.05) is 0 Å². The number of carbonyl (C=O) groups is 2. The van der Waals surface area contributed by atoms with E-state index < -0.39 is 17.7 Å². The number of aromatic nitrogens is 2. The fourth-order valence-corrected chi connectivity index (χ4v) is 3.60. The summed E-state index contributed by atoms with van der Waals surface area (Å²) in [7, 11) is 0. The normalized spacial score (nSPS) is 21.9. The summed E-state index contributed by atoms with van der Waals surface area (Å²) in [5.41, 5.74) is -0.562. The highest BCUT2D eigenvalue weighted by atomic mass is 16.6. The first-order valence-corrected chi connectivity index (χ1v) is 9.33. The Morgan fingerprint density at radius 3 is 2.38 bits per heavy atom. The zero-order chi connectivity index (χ0) is 18.9. The van der Waals surface area contributed by atoms with Crippen LogP contribution in [0.15, 0.2) is 4.42 Å². The summed E-state index contributed by atoms with van der Waals surface area (Å²) >= 11 is 0. The van der Waals surface area contributed by atoms with E-state index in [0.29, 0.717) is 37.8 Å². The first-order chi connectivity index (χ1) is 12.2. The smallest absolute Gasteiger partial charge is 0.410 e. The highest BCUT2D eigenvalue weighted by Gasteiger charge is 2.39. The van der Waals surface area contributed by atoms with E-state index in [4.69, 9.17) is 9.15 Å². The Labute approximate surface area is 153 Å². The number of rotatable bonds is 2. The second-order valence-corrected chi connectivity index (χ2v) is 8.09. The third-order valence-corrected chi connectivity index (χ3v) is 4.86. The summed E-state index contributed by atoms with van der Waals surface area (Å²) in [5.74, 6) is 1.45. The van der Waals surface area contributed by atoms with Crippen LogP contribution in [0.2, 0.25) is 0 Å². The van der Waals surface area contributed by atoms with Crippen molar-refractivity contribution in [2.24, 2.45) is 0 Å². The third-order valence-electron chi connectivity index (χ3n) is 4.86. The SMILES string of the molecule is Cc1nnc(C2CCN(C(=O)C3CCCN3C(=O)OC(C)(C)C)CC2)o1. The van der Waals surface area contributed by atoms with Gasteiger partial charge in [0.25, 0.3) is 0 Å². The third kappa shape index (κ3) is 4.16. The van der Waals surface area contributed by atoms with Crippen LogP contribution in [0.25, 0.3) is 0 Å². The highest BCUT2D eigenvalue weighted by molar-refractivity contribution is 5.86. The van der Waals surface area contributed by atoms with Gasteiger partial charge in [0.15, 0.2) is 0 Å². The highest BCUT2D eigenvalue weighted by Crippen LogP contribution is 2.29. The zero-order valence-electron chi connectivity index (χ0n) is 16.0. The molecule has 0 saturated carbocycles. The van der Waals surface area contributed by atoms with Crippen LogP contribution in [0.4, 0.5) is 4.79 Å². The van der Waals surface area contributed by atoms with Gasteiger partial charge in [-0.25, -0.2) is 4.79 Å². The molecule has 26 heavy (non-hydrogen) atoms. The number of piperidine rings is 1. The molecule has 8 heteroatoms. The fraction of sp³-hybridized carbons (Fsp3) is 0.778. The molecule has 0 aliphatic carbocycles. The van der Waals surface area contributed by atoms with Gasteiger partial charge in [-0.3, -0.25) is 9.69 Å². The Hall–Kier alpha value is -2.12. The standard InChI is InChI=1S/C18H28N4O4/c1-12-19-20-15(25-12)13-7-10-21(11-8-13)16(23)14-6-5-9-22(14)17(24)26-18(2,3)4/h13-14H,5-11H2,1-4H3. The van der Waals surface area contributed by atoms with Crippen molar-refractivity contribution in [1.29, 1.82) is 0 Å². The monoisotopic (exact) mass is 364 g/mol. The second kappa shape index (κ2) is 7.25. The lowest BCUT2D eigenvalue weighted by atomic mass is 9.96. The molecule has 0 bridgehead atoms. The summed E-state index contributed by atoms with van der Waals surface area (Å²) in [5, 5.41) is 7.98. The summed E-state index contributed by atoms with van der Waals surface area (Å²) in [6, 6.07) is -0.410. The van der Waals surface area contributed by atoms with E-state index in [1.165, 1.54) is 0 Å². The molecule has 3 heterocycles. The van der Waals surface area contributed by atoms with Gasteiger partial charge in [0.05, 0.1) is 0 Å². The maximum Gasteiger partial charge on any atom is 0.410 e. The van der Waals surface area contributed by atoms with Gasteiger partial charge in [0, 0.05) is 32.5 Å². The Morgan fingerprint density at radius 1 is 1.12 bits per heavy atom. The number of likely N-dealkylation sites (tertiary alicyclic amines) is 2. The molecule has 2 aliphatic heterocycles. The van der Waals surface area contributed by atoms with E-state index in [2.05, 4.69) is 10.2 Å². The lowest BCUT2D eigenvalue weighted by molar-refractivity contribution is -0.137. The number of ether oxygens (including phenoxy) is 1. The van der Waals surface area contributed by atoms with Crippen LogP contribution in [0.3, 0.4) is 0 Å². The van der Waals surface area contributed by atoms with Crippen LogP contribution >= 0.6 is 0 Å². The fourth-order valence-electron chi connectivity index (χ4n) is 3.60. The lowest BCUT2D eigenvalue weighted by Gasteiger charge is -2.35. The average Bonchev–Trinajstić information content (AvgIpc) is 3.22. The topological polar surface area (TPSA) is 88.8 Å². The van der Waals surface area contributed by atoms with Crippen molar-refractivity contribution >= 4 is 12.0 Å². The van der Waals surface area contributed by atoms with Crippen molar-refractivity contribution < 1.29 is 18.7 Å². The van der Waals surface area contributed by atoms with Crippen LogP contribution in [0.5, 0.6) is 0 Å². The van der Waals surface area contributed by atoms with E-state index in [0.717, 1.165) is 19.3 Å². The molecule has 0 radical (unpaired) electrons. The quantitative estimate of drug-likeness (QED) is 0.801. The Balaban J connectivity index is 1.58. The molecule has 144 valence electrons. The Bertz CT molecular complexity index is 658. The van der Waals surface area contributed by atoms with Gasteiger partial charge in [-0.05, 0) is 46.5 Å². The molecule has 2 aliphatic rings. The molecule has 1 unspecified atom stereocenters. The molecule has 3 rings (SSSR count). The molecule has 0 aromatic carbocycles. The molecule has 0 N–H and O–H groups in total. The van der Waals surface area contributed by atoms with Crippen molar-refractivity contribution in [2.75, 3.05) is 19.6 Å². The van der Waals surface area contributed by atoms with E-state index in [-0.39, 0.29) is 11.8 Å². The van der Waals surface area contributed by atoms with E-state index in [1.54, 1.807) is 11.8 Å².